The van der Waals surface area contributed by atoms with Crippen molar-refractivity contribution in [2.24, 2.45) is 0 Å². The second-order valence-electron chi connectivity index (χ2n) is 6.92. The Hall–Kier alpha value is -3.93. The zero-order chi connectivity index (χ0) is 24.8. The van der Waals surface area contributed by atoms with Gasteiger partial charge in [0.1, 0.15) is 18.8 Å². The van der Waals surface area contributed by atoms with Crippen LogP contribution in [-0.2, 0) is 20.9 Å². The minimum atomic E-state index is -0.736. The molecule has 2 aromatic carbocycles. The summed E-state index contributed by atoms with van der Waals surface area (Å²) in [4.78, 5) is 47.3. The molecule has 1 heterocycles. The molecule has 1 aliphatic heterocycles. The van der Waals surface area contributed by atoms with Gasteiger partial charge in [0.25, 0.3) is 11.6 Å². The van der Waals surface area contributed by atoms with Gasteiger partial charge < -0.3 is 19.5 Å². The molecule has 2 aromatic rings. The number of hydrogen-bond donors (Lipinski definition) is 1. The molecule has 1 N–H and O–H groups in total. The number of nitro benzene ring substituents is 1. The maximum absolute atomic E-state index is 12.5. The number of urea groups is 1. The number of non-ortho nitro benzene ring substituents is 1. The minimum absolute atomic E-state index is 0.0256. The molecule has 34 heavy (non-hydrogen) atoms. The Bertz CT molecular complexity index is 1180. The Labute approximate surface area is 202 Å². The Morgan fingerprint density at radius 1 is 1.21 bits per heavy atom. The van der Waals surface area contributed by atoms with E-state index in [0.717, 1.165) is 12.0 Å². The lowest BCUT2D eigenvalue weighted by Crippen LogP contribution is -2.36. The van der Waals surface area contributed by atoms with Gasteiger partial charge in [0.15, 0.2) is 11.5 Å². The molecule has 0 unspecified atom stereocenters. The second-order valence-corrected chi connectivity index (χ2v) is 7.78. The highest BCUT2D eigenvalue weighted by Gasteiger charge is 2.35. The molecule has 12 heteroatoms. The number of nitrogens with one attached hydrogen (secondary N) is 1. The van der Waals surface area contributed by atoms with E-state index in [0.29, 0.717) is 33.7 Å². The fraction of sp³-hybridized carbons (Fsp3) is 0.227. The average Bonchev–Trinajstić information content (AvgIpc) is 3.07. The first-order valence-corrected chi connectivity index (χ1v) is 10.8. The van der Waals surface area contributed by atoms with Crippen molar-refractivity contribution >= 4 is 45.6 Å². The summed E-state index contributed by atoms with van der Waals surface area (Å²) < 4.78 is 16.5. The Morgan fingerprint density at radius 3 is 2.62 bits per heavy atom. The largest absolute Gasteiger partial charge is 0.490 e. The van der Waals surface area contributed by atoms with Crippen LogP contribution in [0.3, 0.4) is 0 Å². The summed E-state index contributed by atoms with van der Waals surface area (Å²) in [5, 5.41) is 13.4. The summed E-state index contributed by atoms with van der Waals surface area (Å²) in [6.45, 7) is 1.67. The number of methoxy groups -OCH3 is 1. The van der Waals surface area contributed by atoms with Crippen LogP contribution in [0.4, 0.5) is 10.5 Å². The molecule has 0 saturated carbocycles. The van der Waals surface area contributed by atoms with Crippen LogP contribution in [0.5, 0.6) is 11.5 Å². The van der Waals surface area contributed by atoms with Crippen LogP contribution in [0.2, 0.25) is 0 Å². The highest BCUT2D eigenvalue weighted by molar-refractivity contribution is 9.10. The Kier molecular flexibility index (Phi) is 7.84. The number of carbonyl (C=O) groups is 3. The number of nitro groups is 1. The maximum atomic E-state index is 12.5. The van der Waals surface area contributed by atoms with E-state index in [-0.39, 0.29) is 18.0 Å². The molecular weight excluding hydrogens is 514 g/mol. The molecule has 0 radical (unpaired) electrons. The first-order valence-electron chi connectivity index (χ1n) is 9.97. The van der Waals surface area contributed by atoms with Crippen molar-refractivity contribution in [3.05, 3.63) is 67.8 Å². The van der Waals surface area contributed by atoms with Crippen LogP contribution < -0.4 is 14.8 Å². The number of esters is 1. The van der Waals surface area contributed by atoms with Crippen molar-refractivity contribution in [3.8, 4) is 11.5 Å². The van der Waals surface area contributed by atoms with Crippen molar-refractivity contribution in [2.75, 3.05) is 20.3 Å². The van der Waals surface area contributed by atoms with E-state index in [1.54, 1.807) is 31.2 Å². The predicted octanol–water partition coefficient (Wildman–Crippen LogP) is 3.40. The molecule has 0 aromatic heterocycles. The summed E-state index contributed by atoms with van der Waals surface area (Å²) in [5.41, 5.74) is 1.04. The molecule has 1 aliphatic rings. The van der Waals surface area contributed by atoms with E-state index < -0.39 is 29.4 Å². The Morgan fingerprint density at radius 2 is 1.94 bits per heavy atom. The normalized spacial score (nSPS) is 14.2. The van der Waals surface area contributed by atoms with Gasteiger partial charge in [-0.05, 0) is 36.3 Å². The smallest absolute Gasteiger partial charge is 0.329 e. The van der Waals surface area contributed by atoms with Crippen molar-refractivity contribution in [3.63, 3.8) is 0 Å². The van der Waals surface area contributed by atoms with E-state index >= 15 is 0 Å². The van der Waals surface area contributed by atoms with Gasteiger partial charge in [-0.2, -0.15) is 0 Å². The topological polar surface area (TPSA) is 137 Å². The van der Waals surface area contributed by atoms with Crippen LogP contribution in [0.25, 0.3) is 6.08 Å². The number of ether oxygens (including phenoxy) is 3. The predicted molar refractivity (Wildman–Crippen MR) is 123 cm³/mol. The molecule has 0 spiro atoms. The molecule has 0 bridgehead atoms. The van der Waals surface area contributed by atoms with Crippen molar-refractivity contribution in [1.29, 1.82) is 0 Å². The zero-order valence-electron chi connectivity index (χ0n) is 18.2. The third kappa shape index (κ3) is 5.70. The molecule has 3 amide bonds. The molecule has 1 fully saturated rings. The van der Waals surface area contributed by atoms with Gasteiger partial charge in [0, 0.05) is 16.6 Å². The fourth-order valence-corrected chi connectivity index (χ4v) is 3.46. The number of benzene rings is 2. The van der Waals surface area contributed by atoms with Crippen LogP contribution in [0, 0.1) is 10.1 Å². The average molecular weight is 534 g/mol. The molecule has 0 atom stereocenters. The van der Waals surface area contributed by atoms with Crippen LogP contribution in [0.15, 0.2) is 46.6 Å². The minimum Gasteiger partial charge on any atom is -0.490 e. The van der Waals surface area contributed by atoms with Crippen molar-refractivity contribution < 1.29 is 33.5 Å². The summed E-state index contributed by atoms with van der Waals surface area (Å²) in [6, 6.07) is 8.59. The molecule has 178 valence electrons. The lowest BCUT2D eigenvalue weighted by Gasteiger charge is -2.14. The fourth-order valence-electron chi connectivity index (χ4n) is 3.03. The van der Waals surface area contributed by atoms with Gasteiger partial charge in [-0.3, -0.25) is 19.7 Å². The molecule has 3 rings (SSSR count). The number of amides is 3. The number of hydrogen-bond acceptors (Lipinski definition) is 8. The van der Waals surface area contributed by atoms with Gasteiger partial charge >= 0.3 is 12.0 Å². The number of halogens is 1. The summed E-state index contributed by atoms with van der Waals surface area (Å²) in [7, 11) is 1.16. The molecule has 1 saturated heterocycles. The lowest BCUT2D eigenvalue weighted by atomic mass is 10.1. The van der Waals surface area contributed by atoms with E-state index in [4.69, 9.17) is 9.47 Å². The number of imide groups is 1. The highest BCUT2D eigenvalue weighted by atomic mass is 79.9. The second kappa shape index (κ2) is 10.8. The molecule has 0 aliphatic carbocycles. The van der Waals surface area contributed by atoms with Gasteiger partial charge in [-0.25, -0.2) is 9.69 Å². The molecule has 11 nitrogen and oxygen atoms in total. The quantitative estimate of drug-likeness (QED) is 0.170. The van der Waals surface area contributed by atoms with Gasteiger partial charge in [-0.15, -0.1) is 0 Å². The van der Waals surface area contributed by atoms with Crippen LogP contribution >= 0.6 is 15.9 Å². The van der Waals surface area contributed by atoms with E-state index in [2.05, 4.69) is 26.0 Å². The Balaban J connectivity index is 1.84. The maximum Gasteiger partial charge on any atom is 0.329 e. The standard InChI is InChI=1S/C22H20BrN3O8/c1-3-33-18-9-14(8-17-21(28)25(22(29)24-17)11-20(27)32-2)16(23)10-19(18)34-12-13-5-4-6-15(7-13)26(30)31/h4-10H,3,11-12H2,1-2H3,(H,24,29)/b17-8+. The zero-order valence-corrected chi connectivity index (χ0v) is 19.8. The number of carbonyl (C=O) groups excluding carboxylic acids is 3. The van der Waals surface area contributed by atoms with Crippen molar-refractivity contribution in [1.82, 2.24) is 10.2 Å². The van der Waals surface area contributed by atoms with Gasteiger partial charge in [-0.1, -0.05) is 28.1 Å². The van der Waals surface area contributed by atoms with Crippen LogP contribution in [0.1, 0.15) is 18.1 Å². The number of nitrogens with zero attached hydrogens (tertiary/aromatic N) is 2. The highest BCUT2D eigenvalue weighted by Crippen LogP contribution is 2.36. The summed E-state index contributed by atoms with van der Waals surface area (Å²) in [6.07, 6.45) is 1.44. The third-order valence-corrected chi connectivity index (χ3v) is 5.34. The van der Waals surface area contributed by atoms with Crippen molar-refractivity contribution in [2.45, 2.75) is 13.5 Å². The monoisotopic (exact) mass is 533 g/mol. The SMILES string of the molecule is CCOc1cc(/C=C2/NC(=O)N(CC(=O)OC)C2=O)c(Br)cc1OCc1cccc([N+](=O)[O-])c1. The van der Waals surface area contributed by atoms with E-state index in [1.165, 1.54) is 18.2 Å². The van der Waals surface area contributed by atoms with Gasteiger partial charge in [0.2, 0.25) is 0 Å². The first-order chi connectivity index (χ1) is 16.2. The van der Waals surface area contributed by atoms with Crippen LogP contribution in [-0.4, -0.2) is 48.0 Å². The summed E-state index contributed by atoms with van der Waals surface area (Å²) >= 11 is 3.42. The van der Waals surface area contributed by atoms with E-state index in [1.807, 2.05) is 0 Å². The third-order valence-electron chi connectivity index (χ3n) is 4.66. The van der Waals surface area contributed by atoms with Gasteiger partial charge in [0.05, 0.1) is 18.6 Å². The summed E-state index contributed by atoms with van der Waals surface area (Å²) in [5.74, 6) is -0.663. The lowest BCUT2D eigenvalue weighted by molar-refractivity contribution is -0.384. The first kappa shape index (κ1) is 24.7. The van der Waals surface area contributed by atoms with E-state index in [9.17, 15) is 24.5 Å². The molecular formula is C22H20BrN3O8. The number of rotatable bonds is 9.